The largest absolute Gasteiger partial charge is 0.466 e. The van der Waals surface area contributed by atoms with Crippen LogP contribution in [0.15, 0.2) is 24.3 Å². The van der Waals surface area contributed by atoms with Crippen LogP contribution in [-0.2, 0) is 14.3 Å². The summed E-state index contributed by atoms with van der Waals surface area (Å²) in [6.45, 7) is 4.91. The highest BCUT2D eigenvalue weighted by Crippen LogP contribution is 2.18. The summed E-state index contributed by atoms with van der Waals surface area (Å²) in [5, 5.41) is 23.1. The number of carbonyl (C=O) groups is 2. The van der Waals surface area contributed by atoms with Gasteiger partial charge >= 0.3 is 5.97 Å². The van der Waals surface area contributed by atoms with Crippen LogP contribution >= 0.6 is 0 Å². The molecule has 1 amide bonds. The standard InChI is InChI=1S/C66H127NO5/c1-3-5-7-9-11-13-14-15-37-40-44-48-52-56-60-66(71)72-61-57-53-49-45-41-38-35-33-31-29-27-25-23-21-19-17-16-18-20-22-24-26-28-30-32-34-36-39-43-47-51-55-59-65(70)67-63(62-68)64(69)58-54-50-46-42-12-10-8-6-4-2/h9,11,14-15,63-64,68-69H,3-8,10,12-13,16-62H2,1-2H3,(H,67,70)/b11-9-,15-14-. The highest BCUT2D eigenvalue weighted by molar-refractivity contribution is 5.76. The molecule has 0 aromatic heterocycles. The van der Waals surface area contributed by atoms with E-state index in [0.717, 1.165) is 51.4 Å². The van der Waals surface area contributed by atoms with E-state index < -0.39 is 12.1 Å². The molecule has 0 spiro atoms. The van der Waals surface area contributed by atoms with Gasteiger partial charge in [-0.3, -0.25) is 9.59 Å². The summed E-state index contributed by atoms with van der Waals surface area (Å²) in [6.07, 6.45) is 76.6. The van der Waals surface area contributed by atoms with E-state index in [9.17, 15) is 19.8 Å². The zero-order valence-electron chi connectivity index (χ0n) is 48.7. The van der Waals surface area contributed by atoms with Crippen LogP contribution in [0.1, 0.15) is 361 Å². The van der Waals surface area contributed by atoms with E-state index >= 15 is 0 Å². The molecule has 0 aliphatic carbocycles. The summed E-state index contributed by atoms with van der Waals surface area (Å²) in [5.41, 5.74) is 0. The summed E-state index contributed by atoms with van der Waals surface area (Å²) in [6, 6.07) is -0.535. The van der Waals surface area contributed by atoms with Gasteiger partial charge in [-0.05, 0) is 51.4 Å². The SMILES string of the molecule is CCCC/C=C\C/C=C\CCCCCCCC(=O)OCCCCCCCCCCCCCCCCCCCCCCCCCCCCCCCCCCC(=O)NC(CO)C(O)CCCCCCCCCCC. The molecule has 0 aromatic carbocycles. The van der Waals surface area contributed by atoms with Gasteiger partial charge in [0.15, 0.2) is 0 Å². The Morgan fingerprint density at radius 1 is 0.389 bits per heavy atom. The number of allylic oxidation sites excluding steroid dienone is 4. The van der Waals surface area contributed by atoms with Gasteiger partial charge in [-0.15, -0.1) is 0 Å². The van der Waals surface area contributed by atoms with Gasteiger partial charge in [-0.1, -0.05) is 321 Å². The lowest BCUT2D eigenvalue weighted by Crippen LogP contribution is -2.45. The minimum atomic E-state index is -0.658. The Balaban J connectivity index is 3.29. The lowest BCUT2D eigenvalue weighted by Gasteiger charge is -2.22. The maximum atomic E-state index is 12.4. The Bertz CT molecular complexity index is 1120. The lowest BCUT2D eigenvalue weighted by atomic mass is 10.0. The predicted molar refractivity (Wildman–Crippen MR) is 315 cm³/mol. The van der Waals surface area contributed by atoms with Crippen LogP contribution in [0.3, 0.4) is 0 Å². The first-order valence-corrected chi connectivity index (χ1v) is 32.6. The van der Waals surface area contributed by atoms with Gasteiger partial charge in [-0.2, -0.15) is 0 Å². The van der Waals surface area contributed by atoms with Crippen molar-refractivity contribution in [3.05, 3.63) is 24.3 Å². The molecule has 6 nitrogen and oxygen atoms in total. The first kappa shape index (κ1) is 70.3. The van der Waals surface area contributed by atoms with Crippen LogP contribution in [-0.4, -0.2) is 47.4 Å². The molecule has 0 aliphatic heterocycles. The van der Waals surface area contributed by atoms with Crippen molar-refractivity contribution in [3.63, 3.8) is 0 Å². The molecule has 0 rings (SSSR count). The van der Waals surface area contributed by atoms with Crippen LogP contribution < -0.4 is 5.32 Å². The number of hydrogen-bond acceptors (Lipinski definition) is 5. The van der Waals surface area contributed by atoms with Crippen LogP contribution in [0.2, 0.25) is 0 Å². The van der Waals surface area contributed by atoms with Crippen molar-refractivity contribution in [2.45, 2.75) is 373 Å². The minimum Gasteiger partial charge on any atom is -0.466 e. The van der Waals surface area contributed by atoms with Crippen LogP contribution in [0.5, 0.6) is 0 Å². The fourth-order valence-corrected chi connectivity index (χ4v) is 10.2. The van der Waals surface area contributed by atoms with Gasteiger partial charge in [0, 0.05) is 12.8 Å². The molecular formula is C66H127NO5. The number of ether oxygens (including phenoxy) is 1. The minimum absolute atomic E-state index is 0.00668. The van der Waals surface area contributed by atoms with Crippen LogP contribution in [0.25, 0.3) is 0 Å². The van der Waals surface area contributed by atoms with Gasteiger partial charge in [0.25, 0.3) is 0 Å². The monoisotopic (exact) mass is 1010 g/mol. The van der Waals surface area contributed by atoms with Crippen molar-refractivity contribution in [1.29, 1.82) is 0 Å². The number of carbonyl (C=O) groups excluding carboxylic acids is 2. The number of nitrogens with one attached hydrogen (secondary N) is 1. The highest BCUT2D eigenvalue weighted by atomic mass is 16.5. The van der Waals surface area contributed by atoms with Crippen molar-refractivity contribution >= 4 is 11.9 Å². The fourth-order valence-electron chi connectivity index (χ4n) is 10.2. The normalized spacial score (nSPS) is 12.7. The number of aliphatic hydroxyl groups is 2. The van der Waals surface area contributed by atoms with E-state index in [-0.39, 0.29) is 18.5 Å². The summed E-state index contributed by atoms with van der Waals surface area (Å²) in [4.78, 5) is 24.5. The summed E-state index contributed by atoms with van der Waals surface area (Å²) in [5.74, 6) is -0.0249. The number of aliphatic hydroxyl groups excluding tert-OH is 2. The number of amides is 1. The van der Waals surface area contributed by atoms with Crippen molar-refractivity contribution in [3.8, 4) is 0 Å². The molecule has 0 fully saturated rings. The molecule has 2 unspecified atom stereocenters. The Hall–Kier alpha value is -1.66. The number of unbranched alkanes of at least 4 members (excludes halogenated alkanes) is 46. The van der Waals surface area contributed by atoms with Gasteiger partial charge in [0.1, 0.15) is 0 Å². The summed E-state index contributed by atoms with van der Waals surface area (Å²) in [7, 11) is 0. The second-order valence-electron chi connectivity index (χ2n) is 22.5. The van der Waals surface area contributed by atoms with Gasteiger partial charge in [-0.25, -0.2) is 0 Å². The second kappa shape index (κ2) is 61.9. The summed E-state index contributed by atoms with van der Waals surface area (Å²) < 4.78 is 5.48. The molecule has 0 bridgehead atoms. The molecule has 0 aliphatic rings. The van der Waals surface area contributed by atoms with Gasteiger partial charge < -0.3 is 20.3 Å². The molecule has 0 saturated carbocycles. The molecule has 426 valence electrons. The van der Waals surface area contributed by atoms with E-state index in [1.165, 1.54) is 276 Å². The third kappa shape index (κ3) is 57.6. The number of rotatable bonds is 61. The first-order chi connectivity index (χ1) is 35.5. The molecule has 0 aromatic rings. The zero-order chi connectivity index (χ0) is 52.2. The second-order valence-corrected chi connectivity index (χ2v) is 22.5. The Morgan fingerprint density at radius 2 is 0.708 bits per heavy atom. The third-order valence-corrected chi connectivity index (χ3v) is 15.3. The fraction of sp³-hybridized carbons (Fsp3) is 0.909. The van der Waals surface area contributed by atoms with Crippen molar-refractivity contribution in [2.75, 3.05) is 13.2 Å². The number of esters is 1. The highest BCUT2D eigenvalue weighted by Gasteiger charge is 2.20. The average Bonchev–Trinajstić information content (AvgIpc) is 3.38. The quantitative estimate of drug-likeness (QED) is 0.0320. The van der Waals surface area contributed by atoms with Crippen molar-refractivity contribution in [1.82, 2.24) is 5.32 Å². The van der Waals surface area contributed by atoms with Gasteiger partial charge in [0.2, 0.25) is 5.91 Å². The number of hydrogen-bond donors (Lipinski definition) is 3. The first-order valence-electron chi connectivity index (χ1n) is 32.6. The molecule has 0 saturated heterocycles. The molecule has 2 atom stereocenters. The summed E-state index contributed by atoms with van der Waals surface area (Å²) >= 11 is 0. The maximum Gasteiger partial charge on any atom is 0.305 e. The van der Waals surface area contributed by atoms with E-state index in [1.54, 1.807) is 0 Å². The zero-order valence-corrected chi connectivity index (χ0v) is 48.7. The average molecular weight is 1010 g/mol. The molecule has 0 radical (unpaired) electrons. The Kier molecular flexibility index (Phi) is 60.5. The molecule has 0 heterocycles. The topological polar surface area (TPSA) is 95.9 Å². The molecule has 3 N–H and O–H groups in total. The maximum absolute atomic E-state index is 12.4. The molecule has 72 heavy (non-hydrogen) atoms. The molecule has 6 heteroatoms. The van der Waals surface area contributed by atoms with E-state index in [1.807, 2.05) is 0 Å². The van der Waals surface area contributed by atoms with Crippen molar-refractivity contribution in [2.24, 2.45) is 0 Å². The lowest BCUT2D eigenvalue weighted by molar-refractivity contribution is -0.143. The smallest absolute Gasteiger partial charge is 0.305 e. The molecular weight excluding hydrogens is 887 g/mol. The van der Waals surface area contributed by atoms with Gasteiger partial charge in [0.05, 0.1) is 25.4 Å². The third-order valence-electron chi connectivity index (χ3n) is 15.3. The predicted octanol–water partition coefficient (Wildman–Crippen LogP) is 20.6. The van der Waals surface area contributed by atoms with E-state index in [0.29, 0.717) is 25.9 Å². The van der Waals surface area contributed by atoms with E-state index in [2.05, 4.69) is 43.5 Å². The van der Waals surface area contributed by atoms with Crippen LogP contribution in [0.4, 0.5) is 0 Å². The Labute approximate surface area is 450 Å². The van der Waals surface area contributed by atoms with E-state index in [4.69, 9.17) is 4.74 Å². The Morgan fingerprint density at radius 3 is 1.10 bits per heavy atom. The van der Waals surface area contributed by atoms with Crippen LogP contribution in [0, 0.1) is 0 Å². The van der Waals surface area contributed by atoms with Crippen molar-refractivity contribution < 1.29 is 24.5 Å².